The van der Waals surface area contributed by atoms with Gasteiger partial charge >= 0.3 is 6.09 Å². The number of hydrogen-bond acceptors (Lipinski definition) is 4. The fourth-order valence-corrected chi connectivity index (χ4v) is 2.05. The van der Waals surface area contributed by atoms with Crippen LogP contribution in [-0.4, -0.2) is 41.5 Å². The number of alkyl carbamates (subject to hydrolysis) is 1. The van der Waals surface area contributed by atoms with Crippen molar-refractivity contribution in [2.75, 3.05) is 13.1 Å². The Hall–Kier alpha value is -1.59. The predicted molar refractivity (Wildman–Crippen MR) is 62.6 cm³/mol. The SMILES string of the molecule is CC(C)(C)OC(=O)NCCN1C(=O)[C@H]2C[C@H]2C1=O. The molecule has 0 radical (unpaired) electrons. The summed E-state index contributed by atoms with van der Waals surface area (Å²) >= 11 is 0. The van der Waals surface area contributed by atoms with Gasteiger partial charge in [0.2, 0.25) is 11.8 Å². The molecule has 18 heavy (non-hydrogen) atoms. The molecule has 100 valence electrons. The summed E-state index contributed by atoms with van der Waals surface area (Å²) in [6.45, 7) is 5.77. The van der Waals surface area contributed by atoms with E-state index in [2.05, 4.69) is 5.32 Å². The van der Waals surface area contributed by atoms with Crippen LogP contribution >= 0.6 is 0 Å². The van der Waals surface area contributed by atoms with Crippen molar-refractivity contribution in [3.05, 3.63) is 0 Å². The molecule has 0 aromatic carbocycles. The van der Waals surface area contributed by atoms with E-state index in [4.69, 9.17) is 4.74 Å². The van der Waals surface area contributed by atoms with Gasteiger partial charge in [0.15, 0.2) is 0 Å². The number of nitrogens with one attached hydrogen (secondary N) is 1. The summed E-state index contributed by atoms with van der Waals surface area (Å²) in [7, 11) is 0. The zero-order chi connectivity index (χ0) is 13.5. The van der Waals surface area contributed by atoms with E-state index in [0.29, 0.717) is 6.42 Å². The van der Waals surface area contributed by atoms with E-state index in [9.17, 15) is 14.4 Å². The zero-order valence-electron chi connectivity index (χ0n) is 10.9. The van der Waals surface area contributed by atoms with Gasteiger partial charge in [-0.15, -0.1) is 0 Å². The Morgan fingerprint density at radius 2 is 1.89 bits per heavy atom. The van der Waals surface area contributed by atoms with Gasteiger partial charge in [0.1, 0.15) is 5.60 Å². The molecule has 0 spiro atoms. The van der Waals surface area contributed by atoms with Crippen LogP contribution < -0.4 is 5.32 Å². The number of nitrogens with zero attached hydrogens (tertiary/aromatic N) is 1. The number of carbonyl (C=O) groups excluding carboxylic acids is 3. The molecule has 0 bridgehead atoms. The quantitative estimate of drug-likeness (QED) is 0.745. The first kappa shape index (κ1) is 12.9. The molecule has 2 rings (SSSR count). The third kappa shape index (κ3) is 2.63. The molecule has 0 unspecified atom stereocenters. The lowest BCUT2D eigenvalue weighted by atomic mass is 10.2. The Bertz CT molecular complexity index is 379. The highest BCUT2D eigenvalue weighted by Crippen LogP contribution is 2.46. The second-order valence-corrected chi connectivity index (χ2v) is 5.71. The first-order chi connectivity index (χ1) is 8.29. The summed E-state index contributed by atoms with van der Waals surface area (Å²) in [5, 5.41) is 2.53. The standard InChI is InChI=1S/C12H18N2O4/c1-12(2,3)18-11(17)13-4-5-14-9(15)7-6-8(7)10(14)16/h7-8H,4-6H2,1-3H3,(H,13,17)/t7-,8+. The van der Waals surface area contributed by atoms with Gasteiger partial charge in [-0.1, -0.05) is 0 Å². The summed E-state index contributed by atoms with van der Waals surface area (Å²) < 4.78 is 5.05. The Morgan fingerprint density at radius 3 is 2.39 bits per heavy atom. The van der Waals surface area contributed by atoms with E-state index >= 15 is 0 Å². The van der Waals surface area contributed by atoms with E-state index in [1.54, 1.807) is 20.8 Å². The van der Waals surface area contributed by atoms with Crippen molar-refractivity contribution in [2.24, 2.45) is 11.8 Å². The first-order valence-electron chi connectivity index (χ1n) is 6.11. The minimum absolute atomic E-state index is 0.0842. The van der Waals surface area contributed by atoms with Gasteiger partial charge in [-0.25, -0.2) is 4.79 Å². The molecule has 6 nitrogen and oxygen atoms in total. The van der Waals surface area contributed by atoms with Crippen LogP contribution in [0.5, 0.6) is 0 Å². The lowest BCUT2D eigenvalue weighted by Crippen LogP contribution is -2.41. The molecule has 2 atom stereocenters. The fraction of sp³-hybridized carbons (Fsp3) is 0.750. The number of likely N-dealkylation sites (tertiary alicyclic amines) is 1. The third-order valence-corrected chi connectivity index (χ3v) is 2.96. The summed E-state index contributed by atoms with van der Waals surface area (Å²) in [5.41, 5.74) is -0.551. The molecule has 0 aromatic rings. The number of fused-ring (bicyclic) bond motifs is 1. The van der Waals surface area contributed by atoms with Gasteiger partial charge in [-0.05, 0) is 27.2 Å². The van der Waals surface area contributed by atoms with Crippen LogP contribution in [0.15, 0.2) is 0 Å². The molecule has 2 fully saturated rings. The highest BCUT2D eigenvalue weighted by atomic mass is 16.6. The molecule has 1 aliphatic heterocycles. The van der Waals surface area contributed by atoms with Gasteiger partial charge in [-0.2, -0.15) is 0 Å². The van der Waals surface area contributed by atoms with Crippen molar-refractivity contribution in [3.8, 4) is 0 Å². The van der Waals surface area contributed by atoms with Gasteiger partial charge < -0.3 is 10.1 Å². The number of imide groups is 1. The van der Waals surface area contributed by atoms with E-state index in [1.165, 1.54) is 4.90 Å². The monoisotopic (exact) mass is 254 g/mol. The number of piperidine rings is 1. The summed E-state index contributed by atoms with van der Waals surface area (Å²) in [5.74, 6) is -0.370. The van der Waals surface area contributed by atoms with Gasteiger partial charge in [0.25, 0.3) is 0 Å². The lowest BCUT2D eigenvalue weighted by molar-refractivity contribution is -0.141. The molecular weight excluding hydrogens is 236 g/mol. The maximum atomic E-state index is 11.6. The molecule has 1 aliphatic carbocycles. The molecule has 0 aromatic heterocycles. The van der Waals surface area contributed by atoms with Crippen LogP contribution in [0.4, 0.5) is 4.79 Å². The summed E-state index contributed by atoms with van der Waals surface area (Å²) in [6, 6.07) is 0. The Kier molecular flexibility index (Phi) is 3.04. The van der Waals surface area contributed by atoms with Crippen molar-refractivity contribution < 1.29 is 19.1 Å². The molecule has 6 heteroatoms. The third-order valence-electron chi connectivity index (χ3n) is 2.96. The minimum atomic E-state index is -0.551. The van der Waals surface area contributed by atoms with Gasteiger partial charge in [0.05, 0.1) is 11.8 Å². The number of ether oxygens (including phenoxy) is 1. The Labute approximate surface area is 106 Å². The smallest absolute Gasteiger partial charge is 0.407 e. The molecule has 1 heterocycles. The summed E-state index contributed by atoms with van der Waals surface area (Å²) in [6.07, 6.45) is 0.167. The molecule has 1 saturated carbocycles. The van der Waals surface area contributed by atoms with E-state index in [-0.39, 0.29) is 36.7 Å². The Morgan fingerprint density at radius 1 is 1.33 bits per heavy atom. The van der Waals surface area contributed by atoms with E-state index < -0.39 is 11.7 Å². The number of carbonyl (C=O) groups is 3. The van der Waals surface area contributed by atoms with Crippen molar-refractivity contribution in [2.45, 2.75) is 32.8 Å². The van der Waals surface area contributed by atoms with Crippen molar-refractivity contribution in [1.82, 2.24) is 10.2 Å². The maximum Gasteiger partial charge on any atom is 0.407 e. The normalized spacial score (nSPS) is 26.1. The van der Waals surface area contributed by atoms with Crippen molar-refractivity contribution >= 4 is 17.9 Å². The van der Waals surface area contributed by atoms with Crippen molar-refractivity contribution in [1.29, 1.82) is 0 Å². The maximum absolute atomic E-state index is 11.6. The zero-order valence-corrected chi connectivity index (χ0v) is 10.9. The fourth-order valence-electron chi connectivity index (χ4n) is 2.05. The lowest BCUT2D eigenvalue weighted by Gasteiger charge is -2.21. The molecule has 3 amide bonds. The number of rotatable bonds is 3. The molecular formula is C12H18N2O4. The van der Waals surface area contributed by atoms with Crippen LogP contribution in [0.2, 0.25) is 0 Å². The predicted octanol–water partition coefficient (Wildman–Crippen LogP) is 0.516. The summed E-state index contributed by atoms with van der Waals surface area (Å²) in [4.78, 5) is 35.8. The molecule has 1 N–H and O–H groups in total. The average Bonchev–Trinajstić information content (AvgIpc) is 2.95. The average molecular weight is 254 g/mol. The number of hydrogen-bond donors (Lipinski definition) is 1. The minimum Gasteiger partial charge on any atom is -0.444 e. The Balaban J connectivity index is 1.71. The van der Waals surface area contributed by atoms with Crippen LogP contribution in [-0.2, 0) is 14.3 Å². The van der Waals surface area contributed by atoms with Gasteiger partial charge in [-0.3, -0.25) is 14.5 Å². The van der Waals surface area contributed by atoms with Crippen molar-refractivity contribution in [3.63, 3.8) is 0 Å². The van der Waals surface area contributed by atoms with Crippen LogP contribution in [0.25, 0.3) is 0 Å². The number of amides is 3. The second kappa shape index (κ2) is 4.26. The second-order valence-electron chi connectivity index (χ2n) is 5.71. The first-order valence-corrected chi connectivity index (χ1v) is 6.11. The molecule has 1 saturated heterocycles. The largest absolute Gasteiger partial charge is 0.444 e. The topological polar surface area (TPSA) is 75.7 Å². The highest BCUT2D eigenvalue weighted by Gasteiger charge is 2.58. The van der Waals surface area contributed by atoms with Gasteiger partial charge in [0, 0.05) is 13.1 Å². The van der Waals surface area contributed by atoms with E-state index in [1.807, 2.05) is 0 Å². The van der Waals surface area contributed by atoms with E-state index in [0.717, 1.165) is 0 Å². The molecule has 2 aliphatic rings. The van der Waals surface area contributed by atoms with Crippen LogP contribution in [0.1, 0.15) is 27.2 Å². The van der Waals surface area contributed by atoms with Crippen LogP contribution in [0, 0.1) is 11.8 Å². The van der Waals surface area contributed by atoms with Crippen LogP contribution in [0.3, 0.4) is 0 Å². The highest BCUT2D eigenvalue weighted by molar-refractivity contribution is 6.08.